The Morgan fingerprint density at radius 3 is 2.42 bits per heavy atom. The number of esters is 1. The van der Waals surface area contributed by atoms with Gasteiger partial charge in [-0.3, -0.25) is 4.79 Å². The molecule has 0 aromatic carbocycles. The summed E-state index contributed by atoms with van der Waals surface area (Å²) in [6.45, 7) is 2.08. The van der Waals surface area contributed by atoms with Crippen LogP contribution in [0, 0.1) is 16.2 Å². The van der Waals surface area contributed by atoms with E-state index in [0.717, 1.165) is 6.42 Å². The van der Waals surface area contributed by atoms with Crippen molar-refractivity contribution in [1.82, 2.24) is 0 Å². The highest BCUT2D eigenvalue weighted by Gasteiger charge is 2.91. The molecule has 0 aliphatic heterocycles. The summed E-state index contributed by atoms with van der Waals surface area (Å²) >= 11 is 0. The molecule has 0 aromatic rings. The van der Waals surface area contributed by atoms with Crippen molar-refractivity contribution in [2.75, 3.05) is 7.11 Å². The van der Waals surface area contributed by atoms with Crippen molar-refractivity contribution >= 4 is 5.97 Å². The minimum atomic E-state index is -0.0990. The fourth-order valence-corrected chi connectivity index (χ4v) is 3.42. The van der Waals surface area contributed by atoms with Crippen LogP contribution in [0.3, 0.4) is 0 Å². The Kier molecular flexibility index (Phi) is 0.836. The highest BCUT2D eigenvalue weighted by atomic mass is 16.5. The second-order valence-corrected chi connectivity index (χ2v) is 5.04. The molecule has 0 heterocycles. The van der Waals surface area contributed by atoms with Crippen LogP contribution in [0.5, 0.6) is 0 Å². The maximum atomic E-state index is 11.4. The van der Waals surface area contributed by atoms with Crippen LogP contribution in [-0.4, -0.2) is 13.1 Å². The average Bonchev–Trinajstić information content (AvgIpc) is 2.94. The molecular weight excluding hydrogens is 152 g/mol. The lowest BCUT2D eigenvalue weighted by Gasteiger charge is -2.06. The van der Waals surface area contributed by atoms with Gasteiger partial charge in [0, 0.05) is 0 Å². The molecule has 66 valence electrons. The molecule has 3 aliphatic rings. The Morgan fingerprint density at radius 2 is 2.00 bits per heavy atom. The lowest BCUT2D eigenvalue weighted by atomic mass is 10.0. The number of carbonyl (C=O) groups is 1. The summed E-state index contributed by atoms with van der Waals surface area (Å²) in [5.74, 6) is 0.0197. The van der Waals surface area contributed by atoms with Gasteiger partial charge in [-0.05, 0) is 43.4 Å². The van der Waals surface area contributed by atoms with E-state index in [9.17, 15) is 4.79 Å². The van der Waals surface area contributed by atoms with Gasteiger partial charge >= 0.3 is 5.97 Å². The van der Waals surface area contributed by atoms with Gasteiger partial charge < -0.3 is 4.74 Å². The summed E-state index contributed by atoms with van der Waals surface area (Å²) in [5.41, 5.74) is 0.932. The summed E-state index contributed by atoms with van der Waals surface area (Å²) in [5, 5.41) is 0. The van der Waals surface area contributed by atoms with Crippen LogP contribution in [0.25, 0.3) is 0 Å². The first-order chi connectivity index (χ1) is 5.60. The van der Waals surface area contributed by atoms with Crippen LogP contribution in [0.4, 0.5) is 0 Å². The Balaban J connectivity index is 1.86. The predicted molar refractivity (Wildman–Crippen MR) is 43.5 cm³/mol. The molecule has 2 nitrogen and oxygen atoms in total. The monoisotopic (exact) mass is 166 g/mol. The fraction of sp³-hybridized carbons (Fsp3) is 0.900. The van der Waals surface area contributed by atoms with E-state index in [1.165, 1.54) is 26.4 Å². The molecule has 0 bridgehead atoms. The number of fused-ring (bicyclic) bond motifs is 1. The topological polar surface area (TPSA) is 26.3 Å². The van der Waals surface area contributed by atoms with Gasteiger partial charge in [-0.2, -0.15) is 0 Å². The predicted octanol–water partition coefficient (Wildman–Crippen LogP) is 1.74. The van der Waals surface area contributed by atoms with E-state index in [4.69, 9.17) is 4.74 Å². The van der Waals surface area contributed by atoms with Gasteiger partial charge in [0.25, 0.3) is 0 Å². The molecule has 2 atom stereocenters. The summed E-state index contributed by atoms with van der Waals surface area (Å²) < 4.78 is 4.83. The van der Waals surface area contributed by atoms with E-state index in [1.807, 2.05) is 0 Å². The van der Waals surface area contributed by atoms with E-state index in [1.54, 1.807) is 0 Å². The van der Waals surface area contributed by atoms with E-state index >= 15 is 0 Å². The molecule has 0 amide bonds. The van der Waals surface area contributed by atoms with Crippen LogP contribution < -0.4 is 0 Å². The average molecular weight is 166 g/mol. The lowest BCUT2D eigenvalue weighted by molar-refractivity contribution is -0.147. The Bertz CT molecular complexity index is 280. The lowest BCUT2D eigenvalue weighted by Crippen LogP contribution is -2.17. The molecule has 2 spiro atoms. The van der Waals surface area contributed by atoms with Gasteiger partial charge in [0.2, 0.25) is 0 Å². The second-order valence-electron chi connectivity index (χ2n) is 5.04. The van der Waals surface area contributed by atoms with Gasteiger partial charge in [0.05, 0.1) is 12.5 Å². The molecule has 0 radical (unpaired) electrons. The Hall–Kier alpha value is -0.530. The van der Waals surface area contributed by atoms with Crippen molar-refractivity contribution < 1.29 is 9.53 Å². The minimum absolute atomic E-state index is 0.0197. The molecule has 3 saturated carbocycles. The zero-order chi connectivity index (χ0) is 8.61. The number of carbonyl (C=O) groups excluding carboxylic acids is 1. The number of hydrogen-bond acceptors (Lipinski definition) is 2. The fourth-order valence-electron chi connectivity index (χ4n) is 3.42. The summed E-state index contributed by atoms with van der Waals surface area (Å²) in [6.07, 6.45) is 5.11. The van der Waals surface area contributed by atoms with Crippen molar-refractivity contribution in [3.8, 4) is 0 Å². The largest absolute Gasteiger partial charge is 0.469 e. The quantitative estimate of drug-likeness (QED) is 0.555. The molecule has 3 fully saturated rings. The zero-order valence-electron chi connectivity index (χ0n) is 7.64. The van der Waals surface area contributed by atoms with Gasteiger partial charge in [0.1, 0.15) is 0 Å². The second kappa shape index (κ2) is 1.45. The molecular formula is C10H14O2. The minimum Gasteiger partial charge on any atom is -0.469 e. The van der Waals surface area contributed by atoms with Crippen LogP contribution in [0.15, 0.2) is 0 Å². The van der Waals surface area contributed by atoms with E-state index < -0.39 is 0 Å². The maximum absolute atomic E-state index is 11.4. The number of rotatable bonds is 1. The number of methoxy groups -OCH3 is 1. The number of ether oxygens (including phenoxy) is 1. The van der Waals surface area contributed by atoms with Gasteiger partial charge in [0.15, 0.2) is 0 Å². The van der Waals surface area contributed by atoms with Crippen molar-refractivity contribution in [3.63, 3.8) is 0 Å². The number of hydrogen-bond donors (Lipinski definition) is 0. The molecule has 0 aromatic heterocycles. The first-order valence-electron chi connectivity index (χ1n) is 4.69. The van der Waals surface area contributed by atoms with Gasteiger partial charge in [-0.25, -0.2) is 0 Å². The molecule has 2 heteroatoms. The summed E-state index contributed by atoms with van der Waals surface area (Å²) in [4.78, 5) is 11.4. The van der Waals surface area contributed by atoms with Crippen LogP contribution in [-0.2, 0) is 9.53 Å². The van der Waals surface area contributed by atoms with Crippen molar-refractivity contribution in [2.24, 2.45) is 16.2 Å². The van der Waals surface area contributed by atoms with E-state index in [0.29, 0.717) is 10.8 Å². The third-order valence-corrected chi connectivity index (χ3v) is 4.61. The first kappa shape index (κ1) is 6.93. The van der Waals surface area contributed by atoms with Crippen LogP contribution in [0.1, 0.15) is 32.6 Å². The zero-order valence-corrected chi connectivity index (χ0v) is 7.64. The van der Waals surface area contributed by atoms with E-state index in [2.05, 4.69) is 6.92 Å². The van der Waals surface area contributed by atoms with Crippen molar-refractivity contribution in [2.45, 2.75) is 32.6 Å². The van der Waals surface area contributed by atoms with Crippen LogP contribution in [0.2, 0.25) is 0 Å². The SMILES string of the molecule is COC(=O)C1(C)CC12CC21CC1. The molecule has 12 heavy (non-hydrogen) atoms. The molecule has 0 saturated heterocycles. The Morgan fingerprint density at radius 1 is 1.33 bits per heavy atom. The maximum Gasteiger partial charge on any atom is 0.312 e. The van der Waals surface area contributed by atoms with Crippen LogP contribution >= 0.6 is 0 Å². The van der Waals surface area contributed by atoms with Gasteiger partial charge in [-0.15, -0.1) is 0 Å². The highest BCUT2D eigenvalue weighted by molar-refractivity contribution is 5.83. The smallest absolute Gasteiger partial charge is 0.312 e. The third kappa shape index (κ3) is 0.459. The molecule has 2 unspecified atom stereocenters. The highest BCUT2D eigenvalue weighted by Crippen LogP contribution is 2.95. The summed E-state index contributed by atoms with van der Waals surface area (Å²) in [6, 6.07) is 0. The normalized spacial score (nSPS) is 50.8. The standard InChI is InChI=1S/C10H14O2/c1-8(7(11)12-2)5-10(8)6-9(10)3-4-9/h3-6H2,1-2H3. The van der Waals surface area contributed by atoms with Gasteiger partial charge in [-0.1, -0.05) is 0 Å². The van der Waals surface area contributed by atoms with E-state index in [-0.39, 0.29) is 11.4 Å². The third-order valence-electron chi connectivity index (χ3n) is 4.61. The molecule has 0 N–H and O–H groups in total. The first-order valence-corrected chi connectivity index (χ1v) is 4.69. The molecule has 3 aliphatic carbocycles. The van der Waals surface area contributed by atoms with Crippen molar-refractivity contribution in [3.05, 3.63) is 0 Å². The molecule has 3 rings (SSSR count). The summed E-state index contributed by atoms with van der Waals surface area (Å²) in [7, 11) is 1.50. The Labute approximate surface area is 72.3 Å². The van der Waals surface area contributed by atoms with Crippen molar-refractivity contribution in [1.29, 1.82) is 0 Å².